The summed E-state index contributed by atoms with van der Waals surface area (Å²) >= 11 is 0. The van der Waals surface area contributed by atoms with Crippen molar-refractivity contribution in [2.75, 3.05) is 0 Å². The van der Waals surface area contributed by atoms with Crippen LogP contribution in [0.1, 0.15) is 17.2 Å². The molecule has 3 N–H and O–H groups in total. The SMILES string of the molecule is Cc1cnc2nc[nH]c2n1.Cc1nc2ncncc2[nH]1.Cc1ncnc2nc[nH]c12. The number of nitrogens with one attached hydrogen (secondary N) is 3. The van der Waals surface area contributed by atoms with Crippen LogP contribution >= 0.6 is 0 Å². The van der Waals surface area contributed by atoms with Gasteiger partial charge in [0.1, 0.15) is 29.5 Å². The molecule has 0 unspecified atom stereocenters. The maximum Gasteiger partial charge on any atom is 0.197 e. The molecule has 0 aliphatic heterocycles. The number of aryl methyl sites for hydroxylation is 3. The van der Waals surface area contributed by atoms with Gasteiger partial charge in [-0.05, 0) is 20.8 Å². The Morgan fingerprint density at radius 3 is 2.33 bits per heavy atom. The van der Waals surface area contributed by atoms with E-state index in [2.05, 4.69) is 59.8 Å². The van der Waals surface area contributed by atoms with Crippen LogP contribution in [0, 0.1) is 20.8 Å². The van der Waals surface area contributed by atoms with E-state index < -0.39 is 0 Å². The van der Waals surface area contributed by atoms with Crippen molar-refractivity contribution in [1.82, 2.24) is 59.8 Å². The number of aromatic nitrogens is 12. The van der Waals surface area contributed by atoms with Crippen LogP contribution < -0.4 is 0 Å². The summed E-state index contributed by atoms with van der Waals surface area (Å²) in [5.41, 5.74) is 6.52. The number of nitrogens with zero attached hydrogens (tertiary/aromatic N) is 9. The Kier molecular flexibility index (Phi) is 5.28. The molecule has 30 heavy (non-hydrogen) atoms. The second kappa shape index (κ2) is 8.34. The van der Waals surface area contributed by atoms with Crippen molar-refractivity contribution in [1.29, 1.82) is 0 Å². The van der Waals surface area contributed by atoms with Crippen LogP contribution in [0.3, 0.4) is 0 Å². The van der Waals surface area contributed by atoms with Crippen molar-refractivity contribution in [3.63, 3.8) is 0 Å². The first-order valence-corrected chi connectivity index (χ1v) is 8.96. The molecule has 6 aromatic rings. The molecule has 6 aromatic heterocycles. The van der Waals surface area contributed by atoms with E-state index in [1.165, 1.54) is 12.7 Å². The average molecular weight is 402 g/mol. The second-order valence-electron chi connectivity index (χ2n) is 6.23. The van der Waals surface area contributed by atoms with Crippen LogP contribution in [-0.2, 0) is 0 Å². The smallest absolute Gasteiger partial charge is 0.197 e. The third-order valence-corrected chi connectivity index (χ3v) is 3.95. The summed E-state index contributed by atoms with van der Waals surface area (Å²) in [6, 6.07) is 0. The molecule has 0 saturated heterocycles. The number of H-pyrrole nitrogens is 3. The topological polar surface area (TPSA) is 163 Å². The minimum absolute atomic E-state index is 0.672. The minimum atomic E-state index is 0.672. The monoisotopic (exact) mass is 402 g/mol. The van der Waals surface area contributed by atoms with Crippen LogP contribution in [0.25, 0.3) is 33.6 Å². The van der Waals surface area contributed by atoms with Crippen LogP contribution in [0.4, 0.5) is 0 Å². The number of hydrogen-bond acceptors (Lipinski definition) is 9. The summed E-state index contributed by atoms with van der Waals surface area (Å²) in [6.45, 7) is 5.71. The fourth-order valence-electron chi connectivity index (χ4n) is 2.58. The highest BCUT2D eigenvalue weighted by Crippen LogP contribution is 2.06. The van der Waals surface area contributed by atoms with E-state index >= 15 is 0 Å². The molecule has 0 bridgehead atoms. The normalized spacial score (nSPS) is 10.5. The number of fused-ring (bicyclic) bond motifs is 3. The number of aromatic amines is 3. The van der Waals surface area contributed by atoms with E-state index in [-0.39, 0.29) is 0 Å². The second-order valence-corrected chi connectivity index (χ2v) is 6.23. The third kappa shape index (κ3) is 4.22. The van der Waals surface area contributed by atoms with E-state index in [4.69, 9.17) is 0 Å². The third-order valence-electron chi connectivity index (χ3n) is 3.95. The molecule has 0 fully saturated rings. The van der Waals surface area contributed by atoms with Gasteiger partial charge in [-0.1, -0.05) is 0 Å². The zero-order valence-electron chi connectivity index (χ0n) is 16.5. The molecule has 0 saturated carbocycles. The molecule has 0 spiro atoms. The van der Waals surface area contributed by atoms with Gasteiger partial charge in [0.25, 0.3) is 0 Å². The summed E-state index contributed by atoms with van der Waals surface area (Å²) in [5, 5.41) is 0. The van der Waals surface area contributed by atoms with Crippen LogP contribution in [0.15, 0.2) is 37.7 Å². The van der Waals surface area contributed by atoms with Gasteiger partial charge in [0.05, 0.1) is 36.4 Å². The van der Waals surface area contributed by atoms with Crippen LogP contribution in [0.2, 0.25) is 0 Å². The van der Waals surface area contributed by atoms with E-state index in [1.54, 1.807) is 25.0 Å². The van der Waals surface area contributed by atoms with Gasteiger partial charge in [0.2, 0.25) is 0 Å². The molecule has 12 heteroatoms. The lowest BCUT2D eigenvalue weighted by Crippen LogP contribution is -1.84. The Morgan fingerprint density at radius 1 is 0.700 bits per heavy atom. The molecule has 0 amide bonds. The lowest BCUT2D eigenvalue weighted by atomic mass is 10.4. The first-order chi connectivity index (χ1) is 14.6. The van der Waals surface area contributed by atoms with E-state index in [9.17, 15) is 0 Å². The van der Waals surface area contributed by atoms with Gasteiger partial charge in [-0.15, -0.1) is 0 Å². The zero-order chi connectivity index (χ0) is 20.9. The number of imidazole rings is 3. The maximum absolute atomic E-state index is 4.16. The first kappa shape index (κ1) is 19.0. The summed E-state index contributed by atoms with van der Waals surface area (Å²) in [4.78, 5) is 44.8. The predicted octanol–water partition coefficient (Wildman–Crippen LogP) is 1.98. The molecule has 6 heterocycles. The highest BCUT2D eigenvalue weighted by Gasteiger charge is 1.99. The van der Waals surface area contributed by atoms with Crippen molar-refractivity contribution in [3.05, 3.63) is 54.9 Å². The summed E-state index contributed by atoms with van der Waals surface area (Å²) in [5.74, 6) is 0.871. The zero-order valence-corrected chi connectivity index (χ0v) is 16.5. The quantitative estimate of drug-likeness (QED) is 0.344. The van der Waals surface area contributed by atoms with Crippen molar-refractivity contribution >= 4 is 33.6 Å². The molecule has 12 nitrogen and oxygen atoms in total. The van der Waals surface area contributed by atoms with Gasteiger partial charge < -0.3 is 15.0 Å². The van der Waals surface area contributed by atoms with Gasteiger partial charge in [-0.3, -0.25) is 0 Å². The predicted molar refractivity (Wildman–Crippen MR) is 109 cm³/mol. The largest absolute Gasteiger partial charge is 0.342 e. The van der Waals surface area contributed by atoms with E-state index in [0.29, 0.717) is 5.65 Å². The Hall–Kier alpha value is -4.35. The first-order valence-electron chi connectivity index (χ1n) is 8.96. The lowest BCUT2D eigenvalue weighted by Gasteiger charge is -1.89. The van der Waals surface area contributed by atoms with Gasteiger partial charge in [-0.25, -0.2) is 44.9 Å². The molecular weight excluding hydrogens is 384 g/mol. The molecule has 6 rings (SSSR count). The van der Waals surface area contributed by atoms with Crippen LogP contribution in [-0.4, -0.2) is 59.8 Å². The Bertz CT molecular complexity index is 1360. The molecule has 0 aromatic carbocycles. The molecule has 0 aliphatic rings. The van der Waals surface area contributed by atoms with Gasteiger partial charge in [0, 0.05) is 0 Å². The standard InChI is InChI=1S/3C6H6N4/c1-4-5-6(9-2-7-4)10-3-8-5;1-4-9-5-2-7-3-8-6(5)10-4;1-4-2-7-5-6(10-4)9-3-8-5/h3*2-3H,1H3,(H,7,8,9,10). The Labute approximate surface area is 169 Å². The van der Waals surface area contributed by atoms with Crippen molar-refractivity contribution in [2.24, 2.45) is 0 Å². The van der Waals surface area contributed by atoms with Gasteiger partial charge in [-0.2, -0.15) is 0 Å². The van der Waals surface area contributed by atoms with E-state index in [0.717, 1.165) is 45.2 Å². The van der Waals surface area contributed by atoms with Gasteiger partial charge in [0.15, 0.2) is 22.6 Å². The summed E-state index contributed by atoms with van der Waals surface area (Å²) in [7, 11) is 0. The highest BCUT2D eigenvalue weighted by atomic mass is 15.0. The van der Waals surface area contributed by atoms with Gasteiger partial charge >= 0.3 is 0 Å². The lowest BCUT2D eigenvalue weighted by molar-refractivity contribution is 1.14. The van der Waals surface area contributed by atoms with Crippen molar-refractivity contribution in [2.45, 2.75) is 20.8 Å². The van der Waals surface area contributed by atoms with Crippen LogP contribution in [0.5, 0.6) is 0 Å². The Balaban J connectivity index is 0.000000109. The van der Waals surface area contributed by atoms with E-state index in [1.807, 2.05) is 20.8 Å². The number of rotatable bonds is 0. The molecule has 150 valence electrons. The summed E-state index contributed by atoms with van der Waals surface area (Å²) in [6.07, 6.45) is 9.61. The molecule has 0 aliphatic carbocycles. The molecular formula is C18H18N12. The van der Waals surface area contributed by atoms with Crippen molar-refractivity contribution < 1.29 is 0 Å². The maximum atomic E-state index is 4.16. The number of hydrogen-bond donors (Lipinski definition) is 3. The molecule has 0 atom stereocenters. The molecule has 0 radical (unpaired) electrons. The minimum Gasteiger partial charge on any atom is -0.342 e. The summed E-state index contributed by atoms with van der Waals surface area (Å²) < 4.78 is 0. The highest BCUT2D eigenvalue weighted by molar-refractivity contribution is 5.71. The van der Waals surface area contributed by atoms with Crippen molar-refractivity contribution in [3.8, 4) is 0 Å². The fourth-order valence-corrected chi connectivity index (χ4v) is 2.58. The fraction of sp³-hybridized carbons (Fsp3) is 0.167. The Morgan fingerprint density at radius 2 is 1.50 bits per heavy atom. The average Bonchev–Trinajstić information content (AvgIpc) is 3.47.